The second kappa shape index (κ2) is 7.29. The molecule has 3 atom stereocenters. The van der Waals surface area contributed by atoms with Gasteiger partial charge in [0.05, 0.1) is 17.6 Å². The van der Waals surface area contributed by atoms with Crippen LogP contribution in [0.25, 0.3) is 22.4 Å². The Morgan fingerprint density at radius 1 is 1.30 bits per heavy atom. The number of nitrogens with zero attached hydrogens (tertiary/aromatic N) is 2. The highest BCUT2D eigenvalue weighted by molar-refractivity contribution is 5.79. The number of ether oxygens (including phenoxy) is 1. The Bertz CT molecular complexity index is 980. The maximum absolute atomic E-state index is 12.4. The summed E-state index contributed by atoms with van der Waals surface area (Å²) in [6.07, 6.45) is 4.11. The zero-order valence-electron chi connectivity index (χ0n) is 15.6. The predicted molar refractivity (Wildman–Crippen MR) is 103 cm³/mol. The minimum absolute atomic E-state index is 0.302. The van der Waals surface area contributed by atoms with E-state index in [1.54, 1.807) is 13.1 Å². The summed E-state index contributed by atoms with van der Waals surface area (Å²) in [7, 11) is 0. The van der Waals surface area contributed by atoms with Crippen LogP contribution in [0.5, 0.6) is 0 Å². The van der Waals surface area contributed by atoms with E-state index in [-0.39, 0.29) is 6.10 Å². The molecule has 1 aliphatic heterocycles. The molecule has 1 N–H and O–H groups in total. The maximum Gasteiger partial charge on any atom is 0.353 e. The van der Waals surface area contributed by atoms with Gasteiger partial charge in [-0.3, -0.25) is 4.57 Å². The molecule has 27 heavy (non-hydrogen) atoms. The Morgan fingerprint density at radius 3 is 2.74 bits per heavy atom. The van der Waals surface area contributed by atoms with E-state index in [0.717, 1.165) is 17.4 Å². The molecular formula is C21H24N2O4. The zero-order valence-corrected chi connectivity index (χ0v) is 15.6. The number of aryl methyl sites for hydroxylation is 1. The third-order valence-electron chi connectivity index (χ3n) is 5.16. The molecule has 3 heterocycles. The van der Waals surface area contributed by atoms with Crippen molar-refractivity contribution in [3.05, 3.63) is 52.6 Å². The molecule has 3 aromatic rings. The van der Waals surface area contributed by atoms with Crippen LogP contribution in [0.4, 0.5) is 0 Å². The predicted octanol–water partition coefficient (Wildman–Crippen LogP) is 3.67. The molecule has 0 aliphatic carbocycles. The number of aliphatic hydroxyl groups is 1. The Morgan fingerprint density at radius 2 is 2.07 bits per heavy atom. The molecule has 1 fully saturated rings. The quantitative estimate of drug-likeness (QED) is 0.743. The first-order chi connectivity index (χ1) is 13.0. The summed E-state index contributed by atoms with van der Waals surface area (Å²) in [5.74, 6) is 0.678. The van der Waals surface area contributed by atoms with E-state index in [1.165, 1.54) is 23.0 Å². The Balaban J connectivity index is 1.63. The highest BCUT2D eigenvalue weighted by atomic mass is 16.5. The van der Waals surface area contributed by atoms with Crippen molar-refractivity contribution in [1.29, 1.82) is 0 Å². The van der Waals surface area contributed by atoms with Gasteiger partial charge in [-0.15, -0.1) is 0 Å². The average molecular weight is 368 g/mol. The van der Waals surface area contributed by atoms with Gasteiger partial charge in [-0.05, 0) is 31.4 Å². The fourth-order valence-electron chi connectivity index (χ4n) is 3.46. The van der Waals surface area contributed by atoms with Crippen LogP contribution in [-0.2, 0) is 11.2 Å². The maximum atomic E-state index is 12.4. The molecular weight excluding hydrogens is 344 g/mol. The fourth-order valence-corrected chi connectivity index (χ4v) is 3.46. The van der Waals surface area contributed by atoms with Crippen LogP contribution in [0, 0.1) is 0 Å². The molecule has 1 aliphatic rings. The number of furan rings is 1. The molecule has 0 bridgehead atoms. The minimum atomic E-state index is -0.580. The van der Waals surface area contributed by atoms with E-state index >= 15 is 0 Å². The number of unbranched alkanes of at least 4 members (excludes halogenated alkanes) is 1. The third-order valence-corrected chi connectivity index (χ3v) is 5.16. The van der Waals surface area contributed by atoms with Crippen molar-refractivity contribution in [3.63, 3.8) is 0 Å². The second-order valence-corrected chi connectivity index (χ2v) is 7.20. The van der Waals surface area contributed by atoms with Crippen LogP contribution >= 0.6 is 0 Å². The number of aromatic nitrogens is 2. The minimum Gasteiger partial charge on any atom is -0.437 e. The molecule has 6 nitrogen and oxygen atoms in total. The summed E-state index contributed by atoms with van der Waals surface area (Å²) in [5.41, 5.74) is 2.13. The zero-order chi connectivity index (χ0) is 19.0. The molecule has 1 saturated heterocycles. The first-order valence-electron chi connectivity index (χ1n) is 9.50. The first-order valence-corrected chi connectivity index (χ1v) is 9.50. The van der Waals surface area contributed by atoms with E-state index in [2.05, 4.69) is 24.0 Å². The van der Waals surface area contributed by atoms with Gasteiger partial charge in [0.1, 0.15) is 12.0 Å². The molecule has 6 heteroatoms. The second-order valence-electron chi connectivity index (χ2n) is 7.20. The molecule has 142 valence electrons. The Labute approximate surface area is 157 Å². The van der Waals surface area contributed by atoms with Gasteiger partial charge in [0.15, 0.2) is 0 Å². The van der Waals surface area contributed by atoms with Crippen LogP contribution in [-0.4, -0.2) is 26.9 Å². The molecule has 0 amide bonds. The summed E-state index contributed by atoms with van der Waals surface area (Å²) < 4.78 is 12.9. The van der Waals surface area contributed by atoms with Gasteiger partial charge >= 0.3 is 5.69 Å². The van der Waals surface area contributed by atoms with Crippen molar-refractivity contribution in [2.45, 2.75) is 58.0 Å². The summed E-state index contributed by atoms with van der Waals surface area (Å²) in [4.78, 5) is 16.4. The molecule has 0 saturated carbocycles. The Kier molecular flexibility index (Phi) is 4.85. The van der Waals surface area contributed by atoms with Crippen molar-refractivity contribution in [2.24, 2.45) is 0 Å². The number of benzene rings is 1. The highest BCUT2D eigenvalue weighted by Crippen LogP contribution is 2.30. The van der Waals surface area contributed by atoms with Crippen LogP contribution in [0.3, 0.4) is 0 Å². The number of hydrogen-bond acceptors (Lipinski definition) is 5. The standard InChI is InChI=1S/C21H24N2O4/c1-3-4-5-14-6-8-15(9-7-14)18-10-16-12-23(21(25)22-20(16)27-18)19-11-17(24)13(2)26-19/h6-10,12-13,17,19,24H,3-5,11H2,1-2H3/t13?,17-,19?/m1/s1. The fraction of sp³-hybridized carbons (Fsp3) is 0.429. The summed E-state index contributed by atoms with van der Waals surface area (Å²) in [6, 6.07) is 10.2. The summed E-state index contributed by atoms with van der Waals surface area (Å²) in [6.45, 7) is 3.98. The van der Waals surface area contributed by atoms with Crippen LogP contribution in [0.2, 0.25) is 0 Å². The molecule has 0 radical (unpaired) electrons. The Hall–Kier alpha value is -2.44. The lowest BCUT2D eigenvalue weighted by Gasteiger charge is -2.12. The lowest BCUT2D eigenvalue weighted by Crippen LogP contribution is -2.26. The van der Waals surface area contributed by atoms with E-state index in [0.29, 0.717) is 17.9 Å². The van der Waals surface area contributed by atoms with Crippen molar-refractivity contribution >= 4 is 11.1 Å². The topological polar surface area (TPSA) is 77.5 Å². The molecule has 0 spiro atoms. The monoisotopic (exact) mass is 368 g/mol. The van der Waals surface area contributed by atoms with Crippen LogP contribution in [0.15, 0.2) is 45.7 Å². The van der Waals surface area contributed by atoms with Crippen LogP contribution in [0.1, 0.15) is 44.9 Å². The van der Waals surface area contributed by atoms with E-state index in [9.17, 15) is 9.90 Å². The van der Waals surface area contributed by atoms with Crippen molar-refractivity contribution in [3.8, 4) is 11.3 Å². The number of aliphatic hydroxyl groups excluding tert-OH is 1. The highest BCUT2D eigenvalue weighted by Gasteiger charge is 2.32. The van der Waals surface area contributed by atoms with Gasteiger partial charge in [0.2, 0.25) is 5.71 Å². The molecule has 4 rings (SSSR count). The van der Waals surface area contributed by atoms with Gasteiger partial charge in [-0.2, -0.15) is 4.98 Å². The van der Waals surface area contributed by atoms with E-state index in [1.807, 2.05) is 18.2 Å². The van der Waals surface area contributed by atoms with E-state index < -0.39 is 18.0 Å². The molecule has 2 unspecified atom stereocenters. The molecule has 1 aromatic carbocycles. The van der Waals surface area contributed by atoms with Crippen LogP contribution < -0.4 is 5.69 Å². The van der Waals surface area contributed by atoms with Gasteiger partial charge < -0.3 is 14.3 Å². The summed E-state index contributed by atoms with van der Waals surface area (Å²) in [5, 5.41) is 10.6. The van der Waals surface area contributed by atoms with Crippen molar-refractivity contribution < 1.29 is 14.3 Å². The summed E-state index contributed by atoms with van der Waals surface area (Å²) >= 11 is 0. The van der Waals surface area contributed by atoms with Gasteiger partial charge in [0.25, 0.3) is 0 Å². The smallest absolute Gasteiger partial charge is 0.353 e. The number of rotatable bonds is 5. The number of hydrogen-bond donors (Lipinski definition) is 1. The van der Waals surface area contributed by atoms with Gasteiger partial charge in [-0.1, -0.05) is 37.6 Å². The molecule has 2 aromatic heterocycles. The third kappa shape index (κ3) is 3.55. The lowest BCUT2D eigenvalue weighted by atomic mass is 10.1. The number of fused-ring (bicyclic) bond motifs is 1. The van der Waals surface area contributed by atoms with Crippen molar-refractivity contribution in [1.82, 2.24) is 9.55 Å². The lowest BCUT2D eigenvalue weighted by molar-refractivity contribution is -0.00984. The van der Waals surface area contributed by atoms with Gasteiger partial charge in [-0.25, -0.2) is 4.79 Å². The average Bonchev–Trinajstić information content (AvgIpc) is 3.22. The van der Waals surface area contributed by atoms with Crippen molar-refractivity contribution in [2.75, 3.05) is 0 Å². The normalized spacial score (nSPS) is 22.6. The van der Waals surface area contributed by atoms with E-state index in [4.69, 9.17) is 9.15 Å². The SMILES string of the molecule is CCCCc1ccc(-c2cc3cn(C4C[C@@H](O)C(C)O4)c(=O)nc3o2)cc1. The largest absolute Gasteiger partial charge is 0.437 e. The van der Waals surface area contributed by atoms with Gasteiger partial charge in [0, 0.05) is 18.2 Å². The first kappa shape index (κ1) is 17.9.